The van der Waals surface area contributed by atoms with Crippen molar-refractivity contribution in [3.63, 3.8) is 0 Å². The molecule has 4 nitrogen and oxygen atoms in total. The minimum atomic E-state index is 0.0842. The Bertz CT molecular complexity index is 670. The van der Waals surface area contributed by atoms with Crippen molar-refractivity contribution in [2.24, 2.45) is 0 Å². The number of nitrogens with two attached hydrogens (primary N) is 1. The van der Waals surface area contributed by atoms with Gasteiger partial charge in [0.1, 0.15) is 5.75 Å². The molecule has 4 heteroatoms. The van der Waals surface area contributed by atoms with Crippen LogP contribution in [0.5, 0.6) is 5.75 Å². The standard InChI is InChI=1S/C19H24N2O2/c1-13-9-16(10-14(2)19(13)23-4)12-21(3)18(22)11-15-5-7-17(20)8-6-15/h5-10H,11-12,20H2,1-4H3. The minimum Gasteiger partial charge on any atom is -0.496 e. The third kappa shape index (κ3) is 4.25. The summed E-state index contributed by atoms with van der Waals surface area (Å²) in [5.41, 5.74) is 10.6. The van der Waals surface area contributed by atoms with Gasteiger partial charge in [-0.05, 0) is 48.2 Å². The highest BCUT2D eigenvalue weighted by Crippen LogP contribution is 2.24. The van der Waals surface area contributed by atoms with Crippen LogP contribution in [0.15, 0.2) is 36.4 Å². The predicted molar refractivity (Wildman–Crippen MR) is 93.5 cm³/mol. The maximum absolute atomic E-state index is 12.4. The molecule has 122 valence electrons. The molecule has 2 N–H and O–H groups in total. The fraction of sp³-hybridized carbons (Fsp3) is 0.316. The van der Waals surface area contributed by atoms with Gasteiger partial charge in [-0.2, -0.15) is 0 Å². The van der Waals surface area contributed by atoms with Gasteiger partial charge in [-0.15, -0.1) is 0 Å². The molecule has 0 aliphatic rings. The molecule has 0 spiro atoms. The van der Waals surface area contributed by atoms with Gasteiger partial charge in [0.05, 0.1) is 13.5 Å². The molecule has 0 radical (unpaired) electrons. The van der Waals surface area contributed by atoms with Crippen molar-refractivity contribution in [1.29, 1.82) is 0 Å². The van der Waals surface area contributed by atoms with Gasteiger partial charge in [0, 0.05) is 19.3 Å². The highest BCUT2D eigenvalue weighted by molar-refractivity contribution is 5.78. The Balaban J connectivity index is 2.05. The number of ether oxygens (including phenoxy) is 1. The lowest BCUT2D eigenvalue weighted by atomic mass is 10.0. The molecular weight excluding hydrogens is 288 g/mol. The quantitative estimate of drug-likeness (QED) is 0.863. The van der Waals surface area contributed by atoms with Crippen LogP contribution in [0.1, 0.15) is 22.3 Å². The van der Waals surface area contributed by atoms with Gasteiger partial charge in [-0.1, -0.05) is 24.3 Å². The second kappa shape index (κ2) is 7.18. The number of benzene rings is 2. The van der Waals surface area contributed by atoms with E-state index in [0.717, 1.165) is 28.0 Å². The van der Waals surface area contributed by atoms with Crippen LogP contribution in [-0.4, -0.2) is 25.0 Å². The first-order valence-electron chi connectivity index (χ1n) is 7.63. The zero-order chi connectivity index (χ0) is 17.0. The number of nitrogens with zero attached hydrogens (tertiary/aromatic N) is 1. The van der Waals surface area contributed by atoms with Crippen molar-refractivity contribution in [2.75, 3.05) is 19.9 Å². The number of nitrogen functional groups attached to an aromatic ring is 1. The first kappa shape index (κ1) is 16.9. The van der Waals surface area contributed by atoms with Gasteiger partial charge in [0.25, 0.3) is 0 Å². The van der Waals surface area contributed by atoms with E-state index in [1.54, 1.807) is 12.0 Å². The van der Waals surface area contributed by atoms with Crippen LogP contribution in [0.2, 0.25) is 0 Å². The summed E-state index contributed by atoms with van der Waals surface area (Å²) in [6.45, 7) is 4.62. The normalized spacial score (nSPS) is 10.4. The number of hydrogen-bond acceptors (Lipinski definition) is 3. The van der Waals surface area contributed by atoms with Crippen molar-refractivity contribution in [1.82, 2.24) is 4.90 Å². The van der Waals surface area contributed by atoms with E-state index in [1.807, 2.05) is 45.2 Å². The summed E-state index contributed by atoms with van der Waals surface area (Å²) >= 11 is 0. The molecule has 0 heterocycles. The van der Waals surface area contributed by atoms with Crippen LogP contribution >= 0.6 is 0 Å². The van der Waals surface area contributed by atoms with Gasteiger partial charge in [-0.3, -0.25) is 4.79 Å². The van der Waals surface area contributed by atoms with Crippen LogP contribution in [0.25, 0.3) is 0 Å². The lowest BCUT2D eigenvalue weighted by molar-refractivity contribution is -0.129. The molecule has 0 saturated carbocycles. The highest BCUT2D eigenvalue weighted by Gasteiger charge is 2.12. The molecule has 2 aromatic rings. The molecule has 0 bridgehead atoms. The lowest BCUT2D eigenvalue weighted by Gasteiger charge is -2.19. The van der Waals surface area contributed by atoms with E-state index in [9.17, 15) is 4.79 Å². The van der Waals surface area contributed by atoms with E-state index in [0.29, 0.717) is 18.7 Å². The molecule has 2 rings (SSSR count). The zero-order valence-corrected chi connectivity index (χ0v) is 14.2. The molecule has 0 aromatic heterocycles. The molecule has 0 atom stereocenters. The number of anilines is 1. The second-order valence-corrected chi connectivity index (χ2v) is 5.93. The molecule has 0 saturated heterocycles. The predicted octanol–water partition coefficient (Wildman–Crippen LogP) is 3.10. The van der Waals surface area contributed by atoms with Crippen LogP contribution in [0.4, 0.5) is 5.69 Å². The third-order valence-corrected chi connectivity index (χ3v) is 3.90. The summed E-state index contributed by atoms with van der Waals surface area (Å²) < 4.78 is 5.38. The summed E-state index contributed by atoms with van der Waals surface area (Å²) in [5, 5.41) is 0. The summed E-state index contributed by atoms with van der Waals surface area (Å²) in [6, 6.07) is 11.6. The molecule has 23 heavy (non-hydrogen) atoms. The largest absolute Gasteiger partial charge is 0.496 e. The van der Waals surface area contributed by atoms with E-state index in [1.165, 1.54) is 0 Å². The van der Waals surface area contributed by atoms with Crippen molar-refractivity contribution in [3.8, 4) is 5.75 Å². The third-order valence-electron chi connectivity index (χ3n) is 3.90. The number of rotatable bonds is 5. The topological polar surface area (TPSA) is 55.6 Å². The zero-order valence-electron chi connectivity index (χ0n) is 14.2. The van der Waals surface area contributed by atoms with Crippen molar-refractivity contribution in [2.45, 2.75) is 26.8 Å². The fourth-order valence-electron chi connectivity index (χ4n) is 2.76. The molecule has 0 aliphatic heterocycles. The van der Waals surface area contributed by atoms with E-state index in [2.05, 4.69) is 12.1 Å². The number of amides is 1. The molecule has 2 aromatic carbocycles. The Labute approximate surface area is 137 Å². The SMILES string of the molecule is COc1c(C)cc(CN(C)C(=O)Cc2ccc(N)cc2)cc1C. The molecule has 0 unspecified atom stereocenters. The van der Waals surface area contributed by atoms with Gasteiger partial charge in [0.15, 0.2) is 0 Å². The van der Waals surface area contributed by atoms with Crippen molar-refractivity contribution in [3.05, 3.63) is 58.7 Å². The Morgan fingerprint density at radius 1 is 1.09 bits per heavy atom. The van der Waals surface area contributed by atoms with Gasteiger partial charge >= 0.3 is 0 Å². The number of likely N-dealkylation sites (N-methyl/N-ethyl adjacent to an activating group) is 1. The Morgan fingerprint density at radius 3 is 2.17 bits per heavy atom. The van der Waals surface area contributed by atoms with Crippen LogP contribution in [-0.2, 0) is 17.8 Å². The Kier molecular flexibility index (Phi) is 5.27. The smallest absolute Gasteiger partial charge is 0.227 e. The van der Waals surface area contributed by atoms with Crippen LogP contribution in [0.3, 0.4) is 0 Å². The lowest BCUT2D eigenvalue weighted by Crippen LogP contribution is -2.27. The summed E-state index contributed by atoms with van der Waals surface area (Å²) in [4.78, 5) is 14.1. The first-order valence-corrected chi connectivity index (χ1v) is 7.63. The number of methoxy groups -OCH3 is 1. The Morgan fingerprint density at radius 2 is 1.65 bits per heavy atom. The van der Waals surface area contributed by atoms with E-state index in [4.69, 9.17) is 10.5 Å². The number of aryl methyl sites for hydroxylation is 2. The molecule has 1 amide bonds. The number of carbonyl (C=O) groups excluding carboxylic acids is 1. The van der Waals surface area contributed by atoms with Crippen LogP contribution in [0, 0.1) is 13.8 Å². The molecular formula is C19H24N2O2. The average Bonchev–Trinajstić information content (AvgIpc) is 2.49. The van der Waals surface area contributed by atoms with Gasteiger partial charge < -0.3 is 15.4 Å². The van der Waals surface area contributed by atoms with Crippen molar-refractivity contribution < 1.29 is 9.53 Å². The molecule has 0 fully saturated rings. The summed E-state index contributed by atoms with van der Waals surface area (Å²) in [5.74, 6) is 0.991. The molecule has 0 aliphatic carbocycles. The fourth-order valence-corrected chi connectivity index (χ4v) is 2.76. The monoisotopic (exact) mass is 312 g/mol. The number of carbonyl (C=O) groups is 1. The highest BCUT2D eigenvalue weighted by atomic mass is 16.5. The van der Waals surface area contributed by atoms with Gasteiger partial charge in [-0.25, -0.2) is 0 Å². The van der Waals surface area contributed by atoms with Crippen molar-refractivity contribution >= 4 is 11.6 Å². The Hall–Kier alpha value is -2.49. The average molecular weight is 312 g/mol. The maximum Gasteiger partial charge on any atom is 0.227 e. The summed E-state index contributed by atoms with van der Waals surface area (Å²) in [6.07, 6.45) is 0.380. The summed E-state index contributed by atoms with van der Waals surface area (Å²) in [7, 11) is 3.51. The maximum atomic E-state index is 12.4. The van der Waals surface area contributed by atoms with E-state index in [-0.39, 0.29) is 5.91 Å². The first-order chi connectivity index (χ1) is 10.9. The van der Waals surface area contributed by atoms with Gasteiger partial charge in [0.2, 0.25) is 5.91 Å². The number of hydrogen-bond donors (Lipinski definition) is 1. The van der Waals surface area contributed by atoms with E-state index < -0.39 is 0 Å². The second-order valence-electron chi connectivity index (χ2n) is 5.93. The van der Waals surface area contributed by atoms with Crippen LogP contribution < -0.4 is 10.5 Å². The van der Waals surface area contributed by atoms with E-state index >= 15 is 0 Å². The minimum absolute atomic E-state index is 0.0842.